The van der Waals surface area contributed by atoms with Crippen molar-refractivity contribution in [2.24, 2.45) is 0 Å². The third-order valence-electron chi connectivity index (χ3n) is 2.75. The van der Waals surface area contributed by atoms with Crippen molar-refractivity contribution in [1.82, 2.24) is 0 Å². The van der Waals surface area contributed by atoms with Crippen LogP contribution in [0.5, 0.6) is 5.75 Å². The first-order valence-corrected chi connectivity index (χ1v) is 6.25. The molecule has 0 aliphatic rings. The van der Waals surface area contributed by atoms with Gasteiger partial charge in [-0.1, -0.05) is 11.6 Å². The Morgan fingerprint density at radius 3 is 2.71 bits per heavy atom. The summed E-state index contributed by atoms with van der Waals surface area (Å²) in [4.78, 5) is 12.0. The zero-order chi connectivity index (χ0) is 12.7. The van der Waals surface area contributed by atoms with Gasteiger partial charge in [-0.05, 0) is 31.5 Å². The minimum atomic E-state index is -0.878. The normalized spacial score (nSPS) is 12.9. The largest absolute Gasteiger partial charge is 0.508 e. The minimum absolute atomic E-state index is 0.0956. The lowest BCUT2D eigenvalue weighted by Gasteiger charge is -2.08. The number of hydrogen-bond donors (Lipinski definition) is 2. The highest BCUT2D eigenvalue weighted by Gasteiger charge is 2.22. The molecule has 1 aromatic carbocycles. The molecule has 0 amide bonds. The summed E-state index contributed by atoms with van der Waals surface area (Å²) in [5, 5.41) is 19.7. The average molecular weight is 271 g/mol. The van der Waals surface area contributed by atoms with Crippen molar-refractivity contribution >= 4 is 39.0 Å². The smallest absolute Gasteiger partial charge is 0.310 e. The summed E-state index contributed by atoms with van der Waals surface area (Å²) in [6, 6.07) is 3.05. The van der Waals surface area contributed by atoms with Crippen molar-refractivity contribution < 1.29 is 15.0 Å². The quantitative estimate of drug-likeness (QED) is 0.874. The number of carboxylic acid groups (broad SMARTS) is 1. The monoisotopic (exact) mass is 270 g/mol. The van der Waals surface area contributed by atoms with Crippen LogP contribution in [0.4, 0.5) is 0 Å². The van der Waals surface area contributed by atoms with Gasteiger partial charge in [-0.2, -0.15) is 0 Å². The standard InChI is InChI=1S/C12H11ClO3S/c1-5(12(15)16)10-6(2)17-9-4-7(14)3-8(13)11(9)10/h3-5,14H,1-2H3,(H,15,16). The predicted octanol–water partition coefficient (Wildman–Crippen LogP) is 3.76. The highest BCUT2D eigenvalue weighted by atomic mass is 35.5. The van der Waals surface area contributed by atoms with Gasteiger partial charge in [-0.15, -0.1) is 11.3 Å². The lowest BCUT2D eigenvalue weighted by atomic mass is 9.98. The van der Waals surface area contributed by atoms with Crippen molar-refractivity contribution in [3.63, 3.8) is 0 Å². The Morgan fingerprint density at radius 2 is 2.12 bits per heavy atom. The van der Waals surface area contributed by atoms with Crippen molar-refractivity contribution in [1.29, 1.82) is 0 Å². The van der Waals surface area contributed by atoms with Gasteiger partial charge in [0.15, 0.2) is 0 Å². The molecule has 0 saturated heterocycles. The zero-order valence-corrected chi connectivity index (χ0v) is 10.9. The van der Waals surface area contributed by atoms with E-state index in [0.717, 1.165) is 20.5 Å². The predicted molar refractivity (Wildman–Crippen MR) is 69.3 cm³/mol. The first kappa shape index (κ1) is 12.2. The van der Waals surface area contributed by atoms with Gasteiger partial charge in [-0.3, -0.25) is 4.79 Å². The summed E-state index contributed by atoms with van der Waals surface area (Å²) >= 11 is 7.53. The number of aryl methyl sites for hydroxylation is 1. The highest BCUT2D eigenvalue weighted by molar-refractivity contribution is 7.19. The fraction of sp³-hybridized carbons (Fsp3) is 0.250. The Labute approximate surface area is 107 Å². The van der Waals surface area contributed by atoms with E-state index in [1.807, 2.05) is 6.92 Å². The number of aromatic hydroxyl groups is 1. The number of benzene rings is 1. The molecule has 17 heavy (non-hydrogen) atoms. The lowest BCUT2D eigenvalue weighted by molar-refractivity contribution is -0.138. The Hall–Kier alpha value is -1.26. The molecule has 0 spiro atoms. The molecule has 2 N–H and O–H groups in total. The maximum atomic E-state index is 11.1. The van der Waals surface area contributed by atoms with Crippen LogP contribution in [0.25, 0.3) is 10.1 Å². The Kier molecular flexibility index (Phi) is 3.02. The average Bonchev–Trinajstić information content (AvgIpc) is 2.53. The molecule has 1 unspecified atom stereocenters. The zero-order valence-electron chi connectivity index (χ0n) is 9.32. The summed E-state index contributed by atoms with van der Waals surface area (Å²) in [6.07, 6.45) is 0. The number of carboxylic acids is 1. The van der Waals surface area contributed by atoms with E-state index < -0.39 is 11.9 Å². The van der Waals surface area contributed by atoms with Gasteiger partial charge in [0.2, 0.25) is 0 Å². The topological polar surface area (TPSA) is 57.5 Å². The van der Waals surface area contributed by atoms with Crippen molar-refractivity contribution in [3.05, 3.63) is 27.6 Å². The number of hydrogen-bond acceptors (Lipinski definition) is 3. The molecule has 90 valence electrons. The van der Waals surface area contributed by atoms with Crippen LogP contribution in [-0.4, -0.2) is 16.2 Å². The minimum Gasteiger partial charge on any atom is -0.508 e. The molecule has 0 aliphatic heterocycles. The summed E-state index contributed by atoms with van der Waals surface area (Å²) in [5.41, 5.74) is 0.738. The molecule has 0 radical (unpaired) electrons. The second kappa shape index (κ2) is 4.20. The molecule has 1 aromatic heterocycles. The van der Waals surface area contributed by atoms with E-state index >= 15 is 0 Å². The molecule has 3 nitrogen and oxygen atoms in total. The number of phenolic OH excluding ortho intramolecular Hbond substituents is 1. The van der Waals surface area contributed by atoms with E-state index in [9.17, 15) is 9.90 Å². The summed E-state index contributed by atoms with van der Waals surface area (Å²) in [5.74, 6) is -1.39. The van der Waals surface area contributed by atoms with Gasteiger partial charge < -0.3 is 10.2 Å². The number of phenols is 1. The first-order chi connectivity index (χ1) is 7.91. The molecule has 2 rings (SSSR count). The van der Waals surface area contributed by atoms with E-state index in [0.29, 0.717) is 5.02 Å². The maximum Gasteiger partial charge on any atom is 0.310 e. The van der Waals surface area contributed by atoms with Gasteiger partial charge in [0.25, 0.3) is 0 Å². The van der Waals surface area contributed by atoms with Gasteiger partial charge in [0.05, 0.1) is 10.9 Å². The molecule has 0 aliphatic carbocycles. The number of thiophene rings is 1. The maximum absolute atomic E-state index is 11.1. The fourth-order valence-corrected chi connectivity index (χ4v) is 3.54. The Morgan fingerprint density at radius 1 is 1.47 bits per heavy atom. The molecule has 5 heteroatoms. The molecular weight excluding hydrogens is 260 g/mol. The molecule has 0 bridgehead atoms. The second-order valence-electron chi connectivity index (χ2n) is 3.93. The summed E-state index contributed by atoms with van der Waals surface area (Å²) < 4.78 is 0.815. The van der Waals surface area contributed by atoms with Crippen LogP contribution in [0.3, 0.4) is 0 Å². The molecule has 1 heterocycles. The van der Waals surface area contributed by atoms with E-state index in [1.54, 1.807) is 13.0 Å². The Balaban J connectivity index is 2.79. The molecule has 0 fully saturated rings. The fourth-order valence-electron chi connectivity index (χ4n) is 1.95. The third kappa shape index (κ3) is 1.98. The summed E-state index contributed by atoms with van der Waals surface area (Å²) in [7, 11) is 0. The second-order valence-corrected chi connectivity index (χ2v) is 5.60. The van der Waals surface area contributed by atoms with Crippen molar-refractivity contribution in [2.45, 2.75) is 19.8 Å². The lowest BCUT2D eigenvalue weighted by Crippen LogP contribution is -2.07. The molecular formula is C12H11ClO3S. The number of aliphatic carboxylic acids is 1. The molecule has 1 atom stereocenters. The van der Waals surface area contributed by atoms with Crippen LogP contribution in [0.1, 0.15) is 23.3 Å². The number of carbonyl (C=O) groups is 1. The van der Waals surface area contributed by atoms with Crippen LogP contribution < -0.4 is 0 Å². The van der Waals surface area contributed by atoms with Crippen LogP contribution >= 0.6 is 22.9 Å². The van der Waals surface area contributed by atoms with Gasteiger partial charge in [-0.25, -0.2) is 0 Å². The van der Waals surface area contributed by atoms with E-state index in [1.165, 1.54) is 17.4 Å². The first-order valence-electron chi connectivity index (χ1n) is 5.06. The third-order valence-corrected chi connectivity index (χ3v) is 4.12. The highest BCUT2D eigenvalue weighted by Crippen LogP contribution is 2.41. The van der Waals surface area contributed by atoms with Crippen molar-refractivity contribution in [3.8, 4) is 5.75 Å². The number of halogens is 1. The van der Waals surface area contributed by atoms with Crippen LogP contribution in [-0.2, 0) is 4.79 Å². The SMILES string of the molecule is Cc1sc2cc(O)cc(Cl)c2c1C(C)C(=O)O. The Bertz CT molecular complexity index is 603. The van der Waals surface area contributed by atoms with Gasteiger partial charge in [0, 0.05) is 15.0 Å². The number of rotatable bonds is 2. The molecule has 0 saturated carbocycles. The molecule has 2 aromatic rings. The van der Waals surface area contributed by atoms with E-state index in [4.69, 9.17) is 16.7 Å². The van der Waals surface area contributed by atoms with Gasteiger partial charge >= 0.3 is 5.97 Å². The van der Waals surface area contributed by atoms with E-state index in [2.05, 4.69) is 0 Å². The van der Waals surface area contributed by atoms with E-state index in [-0.39, 0.29) is 5.75 Å². The van der Waals surface area contributed by atoms with Crippen LogP contribution in [0.2, 0.25) is 5.02 Å². The van der Waals surface area contributed by atoms with Gasteiger partial charge in [0.1, 0.15) is 5.75 Å². The number of fused-ring (bicyclic) bond motifs is 1. The van der Waals surface area contributed by atoms with Crippen LogP contribution in [0.15, 0.2) is 12.1 Å². The van der Waals surface area contributed by atoms with Crippen molar-refractivity contribution in [2.75, 3.05) is 0 Å². The van der Waals surface area contributed by atoms with Crippen LogP contribution in [0, 0.1) is 6.92 Å². The summed E-state index contributed by atoms with van der Waals surface area (Å²) in [6.45, 7) is 3.51.